The standard InChI is InChI=1S/C12H22O11/c13-1-3-5(15)7(17)9(19)11(21-3)23-12-10(20)8(18)6(16)4(2-14)22-12/h3-20H,1-2H2/t3-,4+,5-,6+,7+,8-,9-,10+,11-,12-/m0/s1. The van der Waals surface area contributed by atoms with Gasteiger partial charge in [0.25, 0.3) is 0 Å². The summed E-state index contributed by atoms with van der Waals surface area (Å²) in [4.78, 5) is 0. The topological polar surface area (TPSA) is 190 Å². The number of aliphatic hydroxyl groups excluding tert-OH is 8. The Balaban J connectivity index is 2.07. The van der Waals surface area contributed by atoms with Gasteiger partial charge < -0.3 is 55.1 Å². The van der Waals surface area contributed by atoms with E-state index in [4.69, 9.17) is 24.4 Å². The SMILES string of the molecule is OC[C@@H]1O[C@@H](O[C@@H]2O[C@H](CO)[C@@H](O)[C@H](O)[C@H]2O)[C@@H](O)[C@H](O)[C@H]1O. The van der Waals surface area contributed by atoms with E-state index in [-0.39, 0.29) is 0 Å². The van der Waals surface area contributed by atoms with Crippen LogP contribution in [0.4, 0.5) is 0 Å². The van der Waals surface area contributed by atoms with E-state index < -0.39 is 74.6 Å². The molecular weight excluding hydrogens is 320 g/mol. The van der Waals surface area contributed by atoms with Crippen molar-refractivity contribution in [1.29, 1.82) is 0 Å². The van der Waals surface area contributed by atoms with Crippen molar-refractivity contribution in [3.05, 3.63) is 0 Å². The molecule has 0 aliphatic carbocycles. The van der Waals surface area contributed by atoms with Crippen molar-refractivity contribution in [2.24, 2.45) is 0 Å². The van der Waals surface area contributed by atoms with Crippen LogP contribution in [0.1, 0.15) is 0 Å². The minimum Gasteiger partial charge on any atom is -0.394 e. The molecule has 2 aliphatic rings. The predicted octanol–water partition coefficient (Wildman–Crippen LogP) is -5.40. The third-order valence-corrected chi connectivity index (χ3v) is 3.97. The summed E-state index contributed by atoms with van der Waals surface area (Å²) in [5.41, 5.74) is 0. The first-order chi connectivity index (χ1) is 10.8. The Morgan fingerprint density at radius 1 is 0.565 bits per heavy atom. The first-order valence-corrected chi connectivity index (χ1v) is 7.08. The number of rotatable bonds is 4. The van der Waals surface area contributed by atoms with Gasteiger partial charge in [0.2, 0.25) is 0 Å². The molecule has 11 heteroatoms. The summed E-state index contributed by atoms with van der Waals surface area (Å²) in [6.07, 6.45) is -15.6. The lowest BCUT2D eigenvalue weighted by molar-refractivity contribution is -0.376. The normalized spacial score (nSPS) is 51.7. The molecule has 8 N–H and O–H groups in total. The van der Waals surface area contributed by atoms with Crippen LogP contribution in [0.15, 0.2) is 0 Å². The molecule has 136 valence electrons. The van der Waals surface area contributed by atoms with Gasteiger partial charge in [0.05, 0.1) is 13.2 Å². The van der Waals surface area contributed by atoms with Crippen molar-refractivity contribution in [1.82, 2.24) is 0 Å². The zero-order chi connectivity index (χ0) is 17.3. The molecule has 0 aromatic carbocycles. The Hall–Kier alpha value is -0.440. The molecule has 10 atom stereocenters. The van der Waals surface area contributed by atoms with Crippen molar-refractivity contribution in [2.75, 3.05) is 13.2 Å². The highest BCUT2D eigenvalue weighted by Gasteiger charge is 2.49. The zero-order valence-corrected chi connectivity index (χ0v) is 12.0. The van der Waals surface area contributed by atoms with Crippen LogP contribution in [0.5, 0.6) is 0 Å². The molecule has 0 spiro atoms. The largest absolute Gasteiger partial charge is 0.394 e. The summed E-state index contributed by atoms with van der Waals surface area (Å²) < 4.78 is 15.3. The van der Waals surface area contributed by atoms with E-state index in [2.05, 4.69) is 0 Å². The molecule has 2 saturated heterocycles. The quantitative estimate of drug-likeness (QED) is 0.243. The lowest BCUT2D eigenvalue weighted by atomic mass is 9.98. The summed E-state index contributed by atoms with van der Waals surface area (Å²) >= 11 is 0. The molecule has 0 bridgehead atoms. The van der Waals surface area contributed by atoms with Gasteiger partial charge in [-0.3, -0.25) is 0 Å². The third kappa shape index (κ3) is 3.65. The molecule has 0 aromatic heterocycles. The van der Waals surface area contributed by atoms with Crippen molar-refractivity contribution in [3.8, 4) is 0 Å². The van der Waals surface area contributed by atoms with E-state index in [1.165, 1.54) is 0 Å². The van der Waals surface area contributed by atoms with E-state index in [1.54, 1.807) is 0 Å². The number of ether oxygens (including phenoxy) is 3. The van der Waals surface area contributed by atoms with Crippen LogP contribution in [0.2, 0.25) is 0 Å². The summed E-state index contributed by atoms with van der Waals surface area (Å²) in [5, 5.41) is 76.4. The summed E-state index contributed by atoms with van der Waals surface area (Å²) in [7, 11) is 0. The first kappa shape index (κ1) is 18.9. The minimum atomic E-state index is -1.72. The highest BCUT2D eigenvalue weighted by molar-refractivity contribution is 4.92. The van der Waals surface area contributed by atoms with Crippen molar-refractivity contribution in [3.63, 3.8) is 0 Å². The maximum atomic E-state index is 9.84. The van der Waals surface area contributed by atoms with Gasteiger partial charge in [-0.25, -0.2) is 0 Å². The second kappa shape index (κ2) is 7.63. The molecule has 11 nitrogen and oxygen atoms in total. The molecule has 0 radical (unpaired) electrons. The molecule has 2 rings (SSSR count). The van der Waals surface area contributed by atoms with Crippen LogP contribution in [-0.2, 0) is 14.2 Å². The summed E-state index contributed by atoms with van der Waals surface area (Å²) in [6.45, 7) is -1.33. The minimum absolute atomic E-state index is 0.667. The number of hydrogen-bond acceptors (Lipinski definition) is 11. The van der Waals surface area contributed by atoms with Crippen LogP contribution in [0.25, 0.3) is 0 Å². The fourth-order valence-corrected chi connectivity index (χ4v) is 2.49. The van der Waals surface area contributed by atoms with Gasteiger partial charge in [-0.2, -0.15) is 0 Å². The maximum absolute atomic E-state index is 9.84. The van der Waals surface area contributed by atoms with Crippen molar-refractivity contribution < 1.29 is 55.1 Å². The van der Waals surface area contributed by atoms with Gasteiger partial charge in [-0.1, -0.05) is 0 Å². The Morgan fingerprint density at radius 2 is 0.913 bits per heavy atom. The van der Waals surface area contributed by atoms with E-state index >= 15 is 0 Å². The maximum Gasteiger partial charge on any atom is 0.189 e. The highest BCUT2D eigenvalue weighted by atomic mass is 16.8. The van der Waals surface area contributed by atoms with Gasteiger partial charge in [0, 0.05) is 0 Å². The van der Waals surface area contributed by atoms with E-state index in [9.17, 15) is 30.6 Å². The Labute approximate surface area is 130 Å². The molecular formula is C12H22O11. The molecule has 23 heavy (non-hydrogen) atoms. The van der Waals surface area contributed by atoms with Crippen molar-refractivity contribution in [2.45, 2.75) is 61.4 Å². The van der Waals surface area contributed by atoms with Gasteiger partial charge in [0.15, 0.2) is 12.6 Å². The Morgan fingerprint density at radius 3 is 1.22 bits per heavy atom. The molecule has 0 amide bonds. The van der Waals surface area contributed by atoms with Gasteiger partial charge in [-0.15, -0.1) is 0 Å². The highest BCUT2D eigenvalue weighted by Crippen LogP contribution is 2.27. The lowest BCUT2D eigenvalue weighted by Crippen LogP contribution is -2.63. The van der Waals surface area contributed by atoms with E-state index in [0.29, 0.717) is 0 Å². The van der Waals surface area contributed by atoms with Crippen molar-refractivity contribution >= 4 is 0 Å². The Bertz CT molecular complexity index is 344. The smallest absolute Gasteiger partial charge is 0.189 e. The van der Waals surface area contributed by atoms with Crippen LogP contribution < -0.4 is 0 Å². The summed E-state index contributed by atoms with van der Waals surface area (Å²) in [6, 6.07) is 0. The monoisotopic (exact) mass is 342 g/mol. The van der Waals surface area contributed by atoms with Crippen LogP contribution in [-0.4, -0.2) is 115 Å². The van der Waals surface area contributed by atoms with Crippen LogP contribution in [0.3, 0.4) is 0 Å². The predicted molar refractivity (Wildman–Crippen MR) is 68.6 cm³/mol. The molecule has 2 heterocycles. The number of aliphatic hydroxyl groups is 8. The fourth-order valence-electron chi connectivity index (χ4n) is 2.49. The van der Waals surface area contributed by atoms with Crippen LogP contribution >= 0.6 is 0 Å². The third-order valence-electron chi connectivity index (χ3n) is 3.97. The van der Waals surface area contributed by atoms with E-state index in [0.717, 1.165) is 0 Å². The lowest BCUT2D eigenvalue weighted by Gasteiger charge is -2.44. The molecule has 2 fully saturated rings. The van der Waals surface area contributed by atoms with E-state index in [1.807, 2.05) is 0 Å². The fraction of sp³-hybridized carbons (Fsp3) is 1.00. The molecule has 0 saturated carbocycles. The van der Waals surface area contributed by atoms with Gasteiger partial charge >= 0.3 is 0 Å². The molecule has 0 aromatic rings. The molecule has 0 unspecified atom stereocenters. The second-order valence-electron chi connectivity index (χ2n) is 5.53. The van der Waals surface area contributed by atoms with Gasteiger partial charge in [-0.05, 0) is 0 Å². The Kier molecular flexibility index (Phi) is 6.27. The average Bonchev–Trinajstić information content (AvgIpc) is 2.55. The number of hydrogen-bond donors (Lipinski definition) is 8. The zero-order valence-electron chi connectivity index (χ0n) is 12.0. The van der Waals surface area contributed by atoms with Crippen LogP contribution in [0, 0.1) is 0 Å². The van der Waals surface area contributed by atoms with Gasteiger partial charge in [0.1, 0.15) is 48.8 Å². The average molecular weight is 342 g/mol. The first-order valence-electron chi connectivity index (χ1n) is 7.08. The molecule has 2 aliphatic heterocycles. The summed E-state index contributed by atoms with van der Waals surface area (Å²) in [5.74, 6) is 0. The second-order valence-corrected chi connectivity index (χ2v) is 5.53.